The van der Waals surface area contributed by atoms with Crippen LogP contribution in [-0.4, -0.2) is 17.4 Å². The van der Waals surface area contributed by atoms with Crippen molar-refractivity contribution in [1.82, 2.24) is 0 Å². The molecule has 2 aromatic rings. The van der Waals surface area contributed by atoms with Crippen LogP contribution in [0.3, 0.4) is 0 Å². The number of rotatable bonds is 10. The molecule has 0 fully saturated rings. The van der Waals surface area contributed by atoms with Gasteiger partial charge < -0.3 is 9.47 Å². The standard InChI is InChI=1S/C20H26O3S/c1-3-5-15-22-17-7-11-19(12-8-17)24(21)20-13-9-18(10-14-20)23-16-6-4-2/h7-14H,3-6,15-16H2,1-2H3. The predicted molar refractivity (Wildman–Crippen MR) is 98.4 cm³/mol. The van der Waals surface area contributed by atoms with E-state index in [1.807, 2.05) is 48.5 Å². The van der Waals surface area contributed by atoms with Crippen LogP contribution in [0.5, 0.6) is 11.5 Å². The molecule has 0 spiro atoms. The fourth-order valence-corrected chi connectivity index (χ4v) is 3.16. The van der Waals surface area contributed by atoms with Gasteiger partial charge in [-0.15, -0.1) is 0 Å². The number of unbranched alkanes of at least 4 members (excludes halogenated alkanes) is 2. The summed E-state index contributed by atoms with van der Waals surface area (Å²) in [4.78, 5) is 1.55. The van der Waals surface area contributed by atoms with Crippen LogP contribution in [-0.2, 0) is 10.8 Å². The average molecular weight is 346 g/mol. The normalized spacial score (nSPS) is 10.8. The highest BCUT2D eigenvalue weighted by Gasteiger charge is 2.08. The Balaban J connectivity index is 1.95. The van der Waals surface area contributed by atoms with Gasteiger partial charge in [0.25, 0.3) is 0 Å². The topological polar surface area (TPSA) is 35.5 Å². The minimum absolute atomic E-state index is 0.721. The summed E-state index contributed by atoms with van der Waals surface area (Å²) in [6.45, 7) is 5.71. The van der Waals surface area contributed by atoms with E-state index < -0.39 is 10.8 Å². The number of ether oxygens (including phenoxy) is 2. The van der Waals surface area contributed by atoms with E-state index in [0.29, 0.717) is 0 Å². The summed E-state index contributed by atoms with van der Waals surface area (Å²) in [7, 11) is -1.19. The lowest BCUT2D eigenvalue weighted by atomic mass is 10.3. The highest BCUT2D eigenvalue weighted by atomic mass is 32.2. The molecule has 0 unspecified atom stereocenters. The van der Waals surface area contributed by atoms with Crippen molar-refractivity contribution in [2.24, 2.45) is 0 Å². The maximum absolute atomic E-state index is 12.6. The maximum Gasteiger partial charge on any atom is 0.119 e. The number of benzene rings is 2. The Morgan fingerprint density at radius 3 is 1.42 bits per heavy atom. The molecule has 4 heteroatoms. The second kappa shape index (κ2) is 10.1. The van der Waals surface area contributed by atoms with Crippen LogP contribution < -0.4 is 9.47 Å². The van der Waals surface area contributed by atoms with Gasteiger partial charge in [-0.1, -0.05) is 26.7 Å². The molecule has 0 saturated heterocycles. The molecule has 0 radical (unpaired) electrons. The van der Waals surface area contributed by atoms with Gasteiger partial charge in [-0.3, -0.25) is 0 Å². The number of hydrogen-bond donors (Lipinski definition) is 0. The van der Waals surface area contributed by atoms with E-state index in [9.17, 15) is 4.21 Å². The van der Waals surface area contributed by atoms with Crippen LogP contribution in [0, 0.1) is 0 Å². The smallest absolute Gasteiger partial charge is 0.119 e. The summed E-state index contributed by atoms with van der Waals surface area (Å²) in [5, 5.41) is 0. The lowest BCUT2D eigenvalue weighted by molar-refractivity contribution is 0.309. The molecular weight excluding hydrogens is 320 g/mol. The van der Waals surface area contributed by atoms with Crippen LogP contribution >= 0.6 is 0 Å². The second-order valence-corrected chi connectivity index (χ2v) is 7.10. The molecule has 0 aliphatic rings. The van der Waals surface area contributed by atoms with Gasteiger partial charge in [-0.05, 0) is 61.4 Å². The SMILES string of the molecule is CCCCOc1ccc(S(=O)c2ccc(OCCCC)cc2)cc1. The van der Waals surface area contributed by atoms with Gasteiger partial charge in [-0.25, -0.2) is 4.21 Å². The first kappa shape index (κ1) is 18.5. The van der Waals surface area contributed by atoms with Crippen LogP contribution in [0.25, 0.3) is 0 Å². The number of hydrogen-bond acceptors (Lipinski definition) is 3. The first-order valence-electron chi connectivity index (χ1n) is 8.62. The van der Waals surface area contributed by atoms with Gasteiger partial charge in [0.15, 0.2) is 0 Å². The average Bonchev–Trinajstić information content (AvgIpc) is 2.63. The van der Waals surface area contributed by atoms with Crippen LogP contribution in [0.4, 0.5) is 0 Å². The van der Waals surface area contributed by atoms with Crippen molar-refractivity contribution in [3.05, 3.63) is 48.5 Å². The fourth-order valence-electron chi connectivity index (χ4n) is 2.12. The minimum atomic E-state index is -1.19. The molecule has 0 heterocycles. The zero-order valence-corrected chi connectivity index (χ0v) is 15.3. The molecule has 0 N–H and O–H groups in total. The van der Waals surface area contributed by atoms with Gasteiger partial charge >= 0.3 is 0 Å². The summed E-state index contributed by atoms with van der Waals surface area (Å²) >= 11 is 0. The van der Waals surface area contributed by atoms with Crippen molar-refractivity contribution < 1.29 is 13.7 Å². The molecular formula is C20H26O3S. The molecule has 0 amide bonds. The Hall–Kier alpha value is -1.81. The molecule has 0 aromatic heterocycles. The molecule has 3 nitrogen and oxygen atoms in total. The summed E-state index contributed by atoms with van der Waals surface area (Å²) in [5.41, 5.74) is 0. The summed E-state index contributed by atoms with van der Waals surface area (Å²) in [5.74, 6) is 1.65. The molecule has 0 saturated carbocycles. The Morgan fingerprint density at radius 1 is 0.708 bits per heavy atom. The molecule has 0 atom stereocenters. The van der Waals surface area contributed by atoms with Gasteiger partial charge in [0, 0.05) is 9.79 Å². The third-order valence-electron chi connectivity index (χ3n) is 3.61. The molecule has 0 aliphatic heterocycles. The van der Waals surface area contributed by atoms with Gasteiger partial charge in [0.1, 0.15) is 11.5 Å². The van der Waals surface area contributed by atoms with E-state index in [2.05, 4.69) is 13.8 Å². The van der Waals surface area contributed by atoms with Gasteiger partial charge in [0.05, 0.1) is 24.0 Å². The van der Waals surface area contributed by atoms with E-state index in [1.165, 1.54) is 0 Å². The van der Waals surface area contributed by atoms with Gasteiger partial charge in [0.2, 0.25) is 0 Å². The summed E-state index contributed by atoms with van der Waals surface area (Å²) in [6.07, 6.45) is 4.31. The van der Waals surface area contributed by atoms with Crippen molar-refractivity contribution in [3.8, 4) is 11.5 Å². The van der Waals surface area contributed by atoms with E-state index >= 15 is 0 Å². The van der Waals surface area contributed by atoms with Crippen molar-refractivity contribution in [2.75, 3.05) is 13.2 Å². The monoisotopic (exact) mass is 346 g/mol. The largest absolute Gasteiger partial charge is 0.494 e. The Bertz CT molecular complexity index is 565. The van der Waals surface area contributed by atoms with E-state index in [0.717, 1.165) is 60.2 Å². The lowest BCUT2D eigenvalue weighted by Crippen LogP contribution is -1.98. The minimum Gasteiger partial charge on any atom is -0.494 e. The molecule has 24 heavy (non-hydrogen) atoms. The highest BCUT2D eigenvalue weighted by molar-refractivity contribution is 7.85. The molecule has 130 valence electrons. The maximum atomic E-state index is 12.6. The fraction of sp³-hybridized carbons (Fsp3) is 0.400. The van der Waals surface area contributed by atoms with E-state index in [-0.39, 0.29) is 0 Å². The predicted octanol–water partition coefficient (Wildman–Crippen LogP) is 5.21. The molecule has 0 aliphatic carbocycles. The third kappa shape index (κ3) is 5.68. The van der Waals surface area contributed by atoms with E-state index in [4.69, 9.17) is 9.47 Å². The lowest BCUT2D eigenvalue weighted by Gasteiger charge is -2.08. The molecule has 2 aromatic carbocycles. The zero-order valence-electron chi connectivity index (χ0n) is 14.5. The van der Waals surface area contributed by atoms with Crippen LogP contribution in [0.1, 0.15) is 39.5 Å². The van der Waals surface area contributed by atoms with Crippen molar-refractivity contribution in [1.29, 1.82) is 0 Å². The quantitative estimate of drug-likeness (QED) is 0.554. The zero-order chi connectivity index (χ0) is 17.2. The van der Waals surface area contributed by atoms with Crippen molar-refractivity contribution in [2.45, 2.75) is 49.3 Å². The summed E-state index contributed by atoms with van der Waals surface area (Å²) in [6, 6.07) is 15.0. The third-order valence-corrected chi connectivity index (χ3v) is 5.01. The Labute approximate surface area is 147 Å². The Morgan fingerprint density at radius 2 is 1.08 bits per heavy atom. The first-order chi connectivity index (χ1) is 11.7. The van der Waals surface area contributed by atoms with E-state index in [1.54, 1.807) is 0 Å². The van der Waals surface area contributed by atoms with Gasteiger partial charge in [-0.2, -0.15) is 0 Å². The second-order valence-electron chi connectivity index (χ2n) is 5.62. The van der Waals surface area contributed by atoms with Crippen molar-refractivity contribution in [3.63, 3.8) is 0 Å². The molecule has 2 rings (SSSR count). The first-order valence-corrected chi connectivity index (χ1v) is 9.77. The Kier molecular flexibility index (Phi) is 7.83. The molecule has 0 bridgehead atoms. The van der Waals surface area contributed by atoms with Crippen LogP contribution in [0.2, 0.25) is 0 Å². The van der Waals surface area contributed by atoms with Crippen molar-refractivity contribution >= 4 is 10.8 Å². The van der Waals surface area contributed by atoms with Crippen LogP contribution in [0.15, 0.2) is 58.3 Å². The highest BCUT2D eigenvalue weighted by Crippen LogP contribution is 2.22. The summed E-state index contributed by atoms with van der Waals surface area (Å²) < 4.78 is 23.9.